The Labute approximate surface area is 196 Å². The van der Waals surface area contributed by atoms with Crippen LogP contribution >= 0.6 is 32.3 Å². The summed E-state index contributed by atoms with van der Waals surface area (Å²) in [5, 5.41) is 0. The van der Waals surface area contributed by atoms with Gasteiger partial charge in [0.2, 0.25) is 0 Å². The van der Waals surface area contributed by atoms with Crippen LogP contribution in [0.5, 0.6) is 0 Å². The van der Waals surface area contributed by atoms with Gasteiger partial charge in [-0.2, -0.15) is 3.93 Å². The monoisotopic (exact) mass is 536 g/mol. The molecule has 1 saturated heterocycles. The van der Waals surface area contributed by atoms with Crippen LogP contribution in [0, 0.1) is 0 Å². The van der Waals surface area contributed by atoms with E-state index in [1.54, 1.807) is 0 Å². The molecule has 1 aliphatic heterocycles. The van der Waals surface area contributed by atoms with Crippen molar-refractivity contribution in [3.63, 3.8) is 0 Å². The Hall–Kier alpha value is -0.100. The van der Waals surface area contributed by atoms with Crippen molar-refractivity contribution in [3.05, 3.63) is 0 Å². The molecule has 0 radical (unpaired) electrons. The van der Waals surface area contributed by atoms with Crippen molar-refractivity contribution in [2.45, 2.75) is 135 Å². The molecule has 0 saturated carbocycles. The summed E-state index contributed by atoms with van der Waals surface area (Å²) < 4.78 is 2.62. The molecule has 0 aromatic carbocycles. The van der Waals surface area contributed by atoms with Crippen LogP contribution in [-0.4, -0.2) is 25.3 Å². The Balaban J connectivity index is 2.42. The van der Waals surface area contributed by atoms with E-state index in [4.69, 9.17) is 0 Å². The van der Waals surface area contributed by atoms with E-state index in [1.807, 2.05) is 0 Å². The van der Waals surface area contributed by atoms with E-state index < -0.39 is 5.54 Å². The van der Waals surface area contributed by atoms with Crippen molar-refractivity contribution in [1.29, 1.82) is 0 Å². The number of nitrogens with zero attached hydrogens (tertiary/aromatic N) is 2. The molecule has 4 nitrogen and oxygen atoms in total. The minimum absolute atomic E-state index is 0.106. The number of hydrogen-bond acceptors (Lipinski definition) is 2. The molecule has 1 rings (SSSR count). The molecule has 0 unspecified atom stereocenters. The van der Waals surface area contributed by atoms with Crippen LogP contribution in [0.15, 0.2) is 0 Å². The zero-order valence-corrected chi connectivity index (χ0v) is 21.9. The van der Waals surface area contributed by atoms with Gasteiger partial charge in [-0.05, 0) is 12.8 Å². The molecule has 1 aliphatic rings. The average molecular weight is 538 g/mol. The van der Waals surface area contributed by atoms with Gasteiger partial charge in [0.05, 0.1) is 32.3 Å². The van der Waals surface area contributed by atoms with Gasteiger partial charge in [0.25, 0.3) is 5.91 Å². The molecule has 6 heteroatoms. The Bertz CT molecular complexity index is 454. The maximum absolute atomic E-state index is 12.9. The van der Waals surface area contributed by atoms with Gasteiger partial charge in [0, 0.05) is 0 Å². The lowest BCUT2D eigenvalue weighted by Crippen LogP contribution is -2.45. The topological polar surface area (TPSA) is 40.6 Å². The van der Waals surface area contributed by atoms with Crippen LogP contribution in [0.4, 0.5) is 4.79 Å². The Morgan fingerprint density at radius 1 is 0.621 bits per heavy atom. The molecule has 0 aromatic heterocycles. The summed E-state index contributed by atoms with van der Waals surface area (Å²) in [6.45, 7) is 4.48. The molecule has 0 aromatic rings. The molecule has 170 valence electrons. The van der Waals surface area contributed by atoms with E-state index in [2.05, 4.69) is 46.1 Å². The molecule has 3 amide bonds. The predicted octanol–water partition coefficient (Wildman–Crippen LogP) is 8.67. The average Bonchev–Trinajstić information content (AvgIpc) is 2.88. The molecule has 0 atom stereocenters. The van der Waals surface area contributed by atoms with E-state index in [0.717, 1.165) is 42.5 Å². The van der Waals surface area contributed by atoms with Crippen LogP contribution in [0.1, 0.15) is 129 Å². The molecule has 1 heterocycles. The van der Waals surface area contributed by atoms with Crippen molar-refractivity contribution in [2.24, 2.45) is 0 Å². The number of urea groups is 1. The van der Waals surface area contributed by atoms with E-state index in [0.29, 0.717) is 0 Å². The molecule has 0 spiro atoms. The van der Waals surface area contributed by atoms with Crippen molar-refractivity contribution in [2.75, 3.05) is 0 Å². The maximum Gasteiger partial charge on any atom is 0.348 e. The summed E-state index contributed by atoms with van der Waals surface area (Å²) in [5.74, 6) is -0.106. The Morgan fingerprint density at radius 2 is 0.966 bits per heavy atom. The van der Waals surface area contributed by atoms with Crippen LogP contribution in [0.2, 0.25) is 0 Å². The SMILES string of the molecule is CCCCCCCCCCC1(CCCCCCCCCC)C(=O)N(Br)C(=O)N1Br. The molecule has 0 bridgehead atoms. The third kappa shape index (κ3) is 8.88. The zero-order chi connectivity index (χ0) is 21.5. The largest absolute Gasteiger partial charge is 0.348 e. The van der Waals surface area contributed by atoms with Gasteiger partial charge in [-0.25, -0.2) is 8.72 Å². The predicted molar refractivity (Wildman–Crippen MR) is 129 cm³/mol. The first kappa shape index (κ1) is 26.9. The Morgan fingerprint density at radius 3 is 1.28 bits per heavy atom. The van der Waals surface area contributed by atoms with Gasteiger partial charge in [-0.1, -0.05) is 117 Å². The number of unbranched alkanes of at least 4 members (excludes halogenated alkanes) is 14. The Kier molecular flexibility index (Phi) is 14.5. The highest BCUT2D eigenvalue weighted by molar-refractivity contribution is 9.08. The number of halogens is 2. The fourth-order valence-electron chi connectivity index (χ4n) is 4.25. The second-order valence-electron chi connectivity index (χ2n) is 8.63. The van der Waals surface area contributed by atoms with E-state index in [1.165, 1.54) is 81.0 Å². The third-order valence-corrected chi connectivity index (χ3v) is 7.78. The summed E-state index contributed by atoms with van der Waals surface area (Å²) >= 11 is 6.59. The van der Waals surface area contributed by atoms with Crippen molar-refractivity contribution in [3.8, 4) is 0 Å². The number of hydrogen-bond donors (Lipinski definition) is 0. The van der Waals surface area contributed by atoms with Crippen LogP contribution in [0.3, 0.4) is 0 Å². The number of amides is 3. The quantitative estimate of drug-likeness (QED) is 0.0996. The first-order chi connectivity index (χ1) is 14.0. The van der Waals surface area contributed by atoms with Crippen LogP contribution in [-0.2, 0) is 4.79 Å². The maximum atomic E-state index is 12.9. The molecule has 1 fully saturated rings. The van der Waals surface area contributed by atoms with Crippen LogP contribution < -0.4 is 0 Å². The molecule has 0 aliphatic carbocycles. The highest BCUT2D eigenvalue weighted by Gasteiger charge is 2.55. The summed E-state index contributed by atoms with van der Waals surface area (Å²) in [7, 11) is 0. The van der Waals surface area contributed by atoms with Crippen molar-refractivity contribution >= 4 is 44.2 Å². The lowest BCUT2D eigenvalue weighted by molar-refractivity contribution is -0.129. The number of rotatable bonds is 18. The minimum atomic E-state index is -0.717. The number of carbonyl (C=O) groups excluding carboxylic acids is 2. The second-order valence-corrected chi connectivity index (χ2v) is 10.0. The summed E-state index contributed by atoms with van der Waals surface area (Å²) in [6, 6.07) is -0.297. The van der Waals surface area contributed by atoms with Gasteiger partial charge < -0.3 is 0 Å². The van der Waals surface area contributed by atoms with Crippen LogP contribution in [0.25, 0.3) is 0 Å². The molecular weight excluding hydrogens is 496 g/mol. The molecule has 0 N–H and O–H groups in total. The fourth-order valence-corrected chi connectivity index (χ4v) is 5.62. The standard InChI is InChI=1S/C23H42Br2N2O2/c1-3-5-7-9-11-13-15-17-19-23(21(28)26(24)22(29)27(23)25)20-18-16-14-12-10-8-6-4-2/h3-20H2,1-2H3. The van der Waals surface area contributed by atoms with E-state index in [9.17, 15) is 9.59 Å². The lowest BCUT2D eigenvalue weighted by atomic mass is 9.86. The van der Waals surface area contributed by atoms with E-state index in [-0.39, 0.29) is 11.9 Å². The van der Waals surface area contributed by atoms with Gasteiger partial charge in [0.1, 0.15) is 5.54 Å². The van der Waals surface area contributed by atoms with Crippen molar-refractivity contribution < 1.29 is 9.59 Å². The first-order valence-corrected chi connectivity index (χ1v) is 13.4. The van der Waals surface area contributed by atoms with Gasteiger partial charge in [-0.15, -0.1) is 0 Å². The minimum Gasteiger partial charge on any atom is -0.271 e. The zero-order valence-electron chi connectivity index (χ0n) is 18.7. The smallest absolute Gasteiger partial charge is 0.271 e. The molecule has 29 heavy (non-hydrogen) atoms. The van der Waals surface area contributed by atoms with E-state index >= 15 is 0 Å². The first-order valence-electron chi connectivity index (χ1n) is 12.0. The number of imide groups is 1. The highest BCUT2D eigenvalue weighted by atomic mass is 79.9. The van der Waals surface area contributed by atoms with Gasteiger partial charge in [0.15, 0.2) is 0 Å². The summed E-state index contributed by atoms with van der Waals surface area (Å²) in [6.07, 6.45) is 21.3. The highest BCUT2D eigenvalue weighted by Crippen LogP contribution is 2.41. The lowest BCUT2D eigenvalue weighted by Gasteiger charge is -2.31. The van der Waals surface area contributed by atoms with Gasteiger partial charge >= 0.3 is 6.03 Å². The summed E-state index contributed by atoms with van der Waals surface area (Å²) in [5.41, 5.74) is -0.717. The fraction of sp³-hybridized carbons (Fsp3) is 0.913. The molecular formula is C23H42Br2N2O2. The van der Waals surface area contributed by atoms with Crippen molar-refractivity contribution in [1.82, 2.24) is 7.85 Å². The number of carbonyl (C=O) groups is 2. The second kappa shape index (κ2) is 15.7. The third-order valence-electron chi connectivity index (χ3n) is 6.18. The summed E-state index contributed by atoms with van der Waals surface area (Å²) in [4.78, 5) is 25.3. The normalized spacial score (nSPS) is 16.3. The van der Waals surface area contributed by atoms with Gasteiger partial charge in [-0.3, -0.25) is 4.79 Å².